The number of carbonyl (C=O) groups excluding carboxylic acids is 1. The van der Waals surface area contributed by atoms with Crippen molar-refractivity contribution in [2.24, 2.45) is 0 Å². The highest BCUT2D eigenvalue weighted by Gasteiger charge is 2.12. The molecule has 0 atom stereocenters. The lowest BCUT2D eigenvalue weighted by Crippen LogP contribution is -2.34. The first-order valence-electron chi connectivity index (χ1n) is 9.03. The van der Waals surface area contributed by atoms with Gasteiger partial charge in [0.1, 0.15) is 18.4 Å². The van der Waals surface area contributed by atoms with Gasteiger partial charge in [-0.2, -0.15) is 10.2 Å². The predicted molar refractivity (Wildman–Crippen MR) is 113 cm³/mol. The average molecular weight is 452 g/mol. The molecule has 0 unspecified atom stereocenters. The molecular formula is C21H18BrN5O2. The van der Waals surface area contributed by atoms with E-state index in [0.717, 1.165) is 25.8 Å². The Morgan fingerprint density at radius 1 is 1.14 bits per heavy atom. The van der Waals surface area contributed by atoms with E-state index in [1.165, 1.54) is 10.8 Å². The van der Waals surface area contributed by atoms with Crippen LogP contribution in [0, 0.1) is 6.92 Å². The van der Waals surface area contributed by atoms with Crippen molar-refractivity contribution in [1.29, 1.82) is 0 Å². The maximum atomic E-state index is 12.7. The molecule has 0 saturated carbocycles. The molecule has 0 aliphatic carbocycles. The molecule has 4 aromatic rings. The van der Waals surface area contributed by atoms with Gasteiger partial charge in [-0.05, 0) is 30.7 Å². The van der Waals surface area contributed by atoms with Crippen LogP contribution in [0.4, 0.5) is 0 Å². The van der Waals surface area contributed by atoms with Crippen LogP contribution < -0.4 is 10.9 Å². The number of aromatic nitrogens is 4. The number of hydrogen-bond donors (Lipinski definition) is 1. The van der Waals surface area contributed by atoms with E-state index < -0.39 is 0 Å². The van der Waals surface area contributed by atoms with Crippen molar-refractivity contribution < 1.29 is 4.79 Å². The lowest BCUT2D eigenvalue weighted by atomic mass is 10.1. The lowest BCUT2D eigenvalue weighted by Gasteiger charge is -2.07. The number of benzene rings is 2. The Morgan fingerprint density at radius 3 is 2.69 bits per heavy atom. The summed E-state index contributed by atoms with van der Waals surface area (Å²) < 4.78 is 3.54. The van der Waals surface area contributed by atoms with Crippen molar-refractivity contribution >= 4 is 27.4 Å². The zero-order chi connectivity index (χ0) is 20.4. The fourth-order valence-corrected chi connectivity index (χ4v) is 3.29. The van der Waals surface area contributed by atoms with Crippen LogP contribution >= 0.6 is 15.9 Å². The minimum Gasteiger partial charge on any atom is -0.350 e. The number of rotatable bonds is 5. The molecule has 1 N–H and O–H groups in total. The van der Waals surface area contributed by atoms with Crippen LogP contribution in [0.1, 0.15) is 11.1 Å². The zero-order valence-electron chi connectivity index (χ0n) is 15.7. The second kappa shape index (κ2) is 8.00. The van der Waals surface area contributed by atoms with E-state index >= 15 is 0 Å². The molecule has 2 aromatic heterocycles. The van der Waals surface area contributed by atoms with E-state index in [9.17, 15) is 9.59 Å². The standard InChI is InChI=1S/C21H18BrN5O2/c1-14-3-2-4-15(9-14)11-23-20(28)12-26-21(29)19-10-18(25-27(19)13-24-26)16-5-7-17(22)8-6-16/h2-10,13H,11-12H2,1H3,(H,23,28). The fourth-order valence-electron chi connectivity index (χ4n) is 3.03. The van der Waals surface area contributed by atoms with E-state index in [0.29, 0.717) is 17.8 Å². The molecule has 0 bridgehead atoms. The van der Waals surface area contributed by atoms with Gasteiger partial charge in [0.15, 0.2) is 0 Å². The van der Waals surface area contributed by atoms with Crippen LogP contribution in [0.2, 0.25) is 0 Å². The number of carbonyl (C=O) groups is 1. The zero-order valence-corrected chi connectivity index (χ0v) is 17.3. The van der Waals surface area contributed by atoms with Crippen LogP contribution in [0.5, 0.6) is 0 Å². The molecule has 8 heteroatoms. The van der Waals surface area contributed by atoms with Gasteiger partial charge < -0.3 is 5.32 Å². The fraction of sp³-hybridized carbons (Fsp3) is 0.143. The Balaban J connectivity index is 1.52. The molecule has 2 aromatic carbocycles. The maximum absolute atomic E-state index is 12.7. The van der Waals surface area contributed by atoms with Crippen molar-refractivity contribution in [3.63, 3.8) is 0 Å². The van der Waals surface area contributed by atoms with Gasteiger partial charge in [-0.3, -0.25) is 9.59 Å². The Labute approximate surface area is 175 Å². The molecule has 1 amide bonds. The van der Waals surface area contributed by atoms with Crippen molar-refractivity contribution in [2.45, 2.75) is 20.0 Å². The van der Waals surface area contributed by atoms with E-state index in [2.05, 4.69) is 31.4 Å². The monoisotopic (exact) mass is 451 g/mol. The molecule has 2 heterocycles. The molecule has 0 aliphatic rings. The third-order valence-corrected chi connectivity index (χ3v) is 5.02. The third-order valence-electron chi connectivity index (χ3n) is 4.50. The van der Waals surface area contributed by atoms with Gasteiger partial charge in [-0.25, -0.2) is 9.20 Å². The van der Waals surface area contributed by atoms with Gasteiger partial charge in [0, 0.05) is 16.6 Å². The van der Waals surface area contributed by atoms with Gasteiger partial charge in [0.05, 0.1) is 5.69 Å². The Morgan fingerprint density at radius 2 is 1.93 bits per heavy atom. The second-order valence-corrected chi connectivity index (χ2v) is 7.64. The Hall–Kier alpha value is -3.26. The normalized spacial score (nSPS) is 11.0. The maximum Gasteiger partial charge on any atom is 0.293 e. The summed E-state index contributed by atoms with van der Waals surface area (Å²) in [6, 6.07) is 17.2. The molecular weight excluding hydrogens is 434 g/mol. The summed E-state index contributed by atoms with van der Waals surface area (Å²) in [5.41, 5.74) is 3.68. The minimum atomic E-state index is -0.367. The van der Waals surface area contributed by atoms with Gasteiger partial charge in [0.25, 0.3) is 5.56 Å². The first kappa shape index (κ1) is 19.1. The van der Waals surface area contributed by atoms with Crippen LogP contribution in [-0.4, -0.2) is 25.3 Å². The third kappa shape index (κ3) is 4.27. The number of aryl methyl sites for hydroxylation is 1. The number of halogens is 1. The van der Waals surface area contributed by atoms with Crippen molar-refractivity contribution in [3.05, 3.63) is 86.9 Å². The largest absolute Gasteiger partial charge is 0.350 e. The topological polar surface area (TPSA) is 81.3 Å². The Kier molecular flexibility index (Phi) is 5.26. The summed E-state index contributed by atoms with van der Waals surface area (Å²) in [6.07, 6.45) is 1.44. The lowest BCUT2D eigenvalue weighted by molar-refractivity contribution is -0.122. The molecule has 7 nitrogen and oxygen atoms in total. The summed E-state index contributed by atoms with van der Waals surface area (Å²) in [7, 11) is 0. The molecule has 0 aliphatic heterocycles. The minimum absolute atomic E-state index is 0.153. The van der Waals surface area contributed by atoms with Crippen LogP contribution in [-0.2, 0) is 17.9 Å². The first-order chi connectivity index (χ1) is 14.0. The summed E-state index contributed by atoms with van der Waals surface area (Å²) in [4.78, 5) is 25.0. The molecule has 0 saturated heterocycles. The number of amides is 1. The smallest absolute Gasteiger partial charge is 0.293 e. The molecule has 0 spiro atoms. The van der Waals surface area contributed by atoms with Crippen molar-refractivity contribution in [1.82, 2.24) is 24.7 Å². The highest BCUT2D eigenvalue weighted by atomic mass is 79.9. The van der Waals surface area contributed by atoms with Gasteiger partial charge in [-0.1, -0.05) is 57.9 Å². The molecule has 4 rings (SSSR count). The number of nitrogens with zero attached hydrogens (tertiary/aromatic N) is 4. The molecule has 146 valence electrons. The molecule has 0 fully saturated rings. The van der Waals surface area contributed by atoms with Crippen molar-refractivity contribution in [3.8, 4) is 11.3 Å². The highest BCUT2D eigenvalue weighted by molar-refractivity contribution is 9.10. The van der Waals surface area contributed by atoms with Crippen LogP contribution in [0.3, 0.4) is 0 Å². The number of fused-ring (bicyclic) bond motifs is 1. The highest BCUT2D eigenvalue weighted by Crippen LogP contribution is 2.20. The average Bonchev–Trinajstić information content (AvgIpc) is 3.14. The van der Waals surface area contributed by atoms with Gasteiger partial charge >= 0.3 is 0 Å². The van der Waals surface area contributed by atoms with Crippen LogP contribution in [0.25, 0.3) is 16.8 Å². The van der Waals surface area contributed by atoms with Gasteiger partial charge in [0.2, 0.25) is 5.91 Å². The summed E-state index contributed by atoms with van der Waals surface area (Å²) in [5.74, 6) is -0.280. The van der Waals surface area contributed by atoms with Gasteiger partial charge in [-0.15, -0.1) is 0 Å². The van der Waals surface area contributed by atoms with E-state index in [4.69, 9.17) is 0 Å². The number of nitrogens with one attached hydrogen (secondary N) is 1. The second-order valence-electron chi connectivity index (χ2n) is 6.73. The summed E-state index contributed by atoms with van der Waals surface area (Å²) in [5, 5.41) is 11.3. The van der Waals surface area contributed by atoms with Crippen LogP contribution in [0.15, 0.2) is 70.2 Å². The molecule has 0 radical (unpaired) electrons. The summed E-state index contributed by atoms with van der Waals surface area (Å²) >= 11 is 3.40. The first-order valence-corrected chi connectivity index (χ1v) is 9.82. The van der Waals surface area contributed by atoms with Crippen molar-refractivity contribution in [2.75, 3.05) is 0 Å². The summed E-state index contributed by atoms with van der Waals surface area (Å²) in [6.45, 7) is 2.25. The quantitative estimate of drug-likeness (QED) is 0.505. The predicted octanol–water partition coefficient (Wildman–Crippen LogP) is 2.95. The number of hydrogen-bond acceptors (Lipinski definition) is 4. The molecule has 29 heavy (non-hydrogen) atoms. The van der Waals surface area contributed by atoms with E-state index in [1.54, 1.807) is 6.07 Å². The van der Waals surface area contributed by atoms with E-state index in [-0.39, 0.29) is 18.0 Å². The van der Waals surface area contributed by atoms with E-state index in [1.807, 2.05) is 55.5 Å². The SMILES string of the molecule is Cc1cccc(CNC(=O)Cn2ncn3nc(-c4ccc(Br)cc4)cc3c2=O)c1. The Bertz CT molecular complexity index is 1240.